The fraction of sp³-hybridized carbons (Fsp3) is 0.938. The Kier molecular flexibility index (Phi) is 13.6. The van der Waals surface area contributed by atoms with Gasteiger partial charge in [0.2, 0.25) is 0 Å². The molecule has 0 aromatic heterocycles. The largest absolute Gasteiger partial charge is 0.381 e. The number of nitrogens with one attached hydrogen (secondary N) is 1. The number of piperidine rings is 1. The molecule has 21 heavy (non-hydrogen) atoms. The minimum Gasteiger partial charge on any atom is -0.381 e. The van der Waals surface area contributed by atoms with E-state index in [-0.39, 0.29) is 24.0 Å². The van der Waals surface area contributed by atoms with Crippen LogP contribution in [0.25, 0.3) is 0 Å². The van der Waals surface area contributed by atoms with Crippen LogP contribution in [-0.4, -0.2) is 50.3 Å². The predicted molar refractivity (Wildman–Crippen MR) is 102 cm³/mol. The summed E-state index contributed by atoms with van der Waals surface area (Å²) in [5.74, 6) is 1.95. The van der Waals surface area contributed by atoms with E-state index in [2.05, 4.69) is 31.0 Å². The van der Waals surface area contributed by atoms with Crippen molar-refractivity contribution in [3.8, 4) is 0 Å². The zero-order valence-electron chi connectivity index (χ0n) is 14.1. The Labute approximate surface area is 148 Å². The molecule has 0 spiro atoms. The molecule has 0 saturated carbocycles. The molecule has 4 nitrogen and oxygen atoms in total. The zero-order chi connectivity index (χ0) is 14.6. The third-order valence-electron chi connectivity index (χ3n) is 3.77. The van der Waals surface area contributed by atoms with Gasteiger partial charge in [0.1, 0.15) is 0 Å². The number of hydrogen-bond donors (Lipinski definition) is 1. The first-order valence-electron chi connectivity index (χ1n) is 8.38. The van der Waals surface area contributed by atoms with Gasteiger partial charge in [-0.15, -0.1) is 24.0 Å². The zero-order valence-corrected chi connectivity index (χ0v) is 16.4. The molecule has 0 bridgehead atoms. The summed E-state index contributed by atoms with van der Waals surface area (Å²) in [6.45, 7) is 12.5. The molecule has 1 aliphatic heterocycles. The fourth-order valence-electron chi connectivity index (χ4n) is 2.35. The second-order valence-corrected chi connectivity index (χ2v) is 5.72. The Balaban J connectivity index is 0.00000400. The maximum Gasteiger partial charge on any atom is 0.193 e. The van der Waals surface area contributed by atoms with Crippen molar-refractivity contribution < 1.29 is 4.74 Å². The number of aliphatic imine (C=N–C) groups is 1. The number of halogens is 1. The van der Waals surface area contributed by atoms with E-state index in [9.17, 15) is 0 Å². The highest BCUT2D eigenvalue weighted by atomic mass is 127. The van der Waals surface area contributed by atoms with E-state index in [1.165, 1.54) is 19.3 Å². The van der Waals surface area contributed by atoms with Gasteiger partial charge in [-0.1, -0.05) is 20.3 Å². The van der Waals surface area contributed by atoms with Gasteiger partial charge in [-0.05, 0) is 38.5 Å². The van der Waals surface area contributed by atoms with Gasteiger partial charge >= 0.3 is 0 Å². The summed E-state index contributed by atoms with van der Waals surface area (Å²) in [6.07, 6.45) is 5.95. The van der Waals surface area contributed by atoms with Crippen LogP contribution in [0.15, 0.2) is 4.99 Å². The van der Waals surface area contributed by atoms with E-state index in [1.54, 1.807) is 0 Å². The molecular weight excluding hydrogens is 377 g/mol. The second-order valence-electron chi connectivity index (χ2n) is 5.72. The lowest BCUT2D eigenvalue weighted by molar-refractivity contribution is 0.130. The van der Waals surface area contributed by atoms with E-state index < -0.39 is 0 Å². The Morgan fingerprint density at radius 3 is 2.48 bits per heavy atom. The van der Waals surface area contributed by atoms with Gasteiger partial charge in [0, 0.05) is 39.4 Å². The topological polar surface area (TPSA) is 36.9 Å². The van der Waals surface area contributed by atoms with Crippen molar-refractivity contribution in [1.29, 1.82) is 0 Å². The number of guanidine groups is 1. The van der Waals surface area contributed by atoms with Crippen molar-refractivity contribution in [2.75, 3.05) is 39.4 Å². The second kappa shape index (κ2) is 13.6. The van der Waals surface area contributed by atoms with E-state index in [0.29, 0.717) is 0 Å². The van der Waals surface area contributed by atoms with E-state index in [1.807, 2.05) is 0 Å². The number of nitrogens with zero attached hydrogens (tertiary/aromatic N) is 2. The summed E-state index contributed by atoms with van der Waals surface area (Å²) in [6, 6.07) is 0. The van der Waals surface area contributed by atoms with Crippen LogP contribution >= 0.6 is 24.0 Å². The van der Waals surface area contributed by atoms with Gasteiger partial charge < -0.3 is 15.0 Å². The summed E-state index contributed by atoms with van der Waals surface area (Å²) in [7, 11) is 0. The first-order chi connectivity index (χ1) is 9.77. The van der Waals surface area contributed by atoms with Crippen molar-refractivity contribution in [3.05, 3.63) is 0 Å². The Hall–Kier alpha value is -0.0400. The predicted octanol–water partition coefficient (Wildman–Crippen LogP) is 3.51. The Morgan fingerprint density at radius 1 is 1.19 bits per heavy atom. The molecule has 1 N–H and O–H groups in total. The molecule has 0 aliphatic carbocycles. The molecular formula is C16H34IN3O. The van der Waals surface area contributed by atoms with Crippen LogP contribution in [0, 0.1) is 5.92 Å². The number of likely N-dealkylation sites (tertiary alicyclic amines) is 1. The first kappa shape index (κ1) is 21.0. The lowest BCUT2D eigenvalue weighted by atomic mass is 10.00. The van der Waals surface area contributed by atoms with Crippen LogP contribution in [0.1, 0.15) is 52.9 Å². The molecule has 126 valence electrons. The third-order valence-corrected chi connectivity index (χ3v) is 3.77. The molecule has 1 rings (SSSR count). The molecule has 0 atom stereocenters. The maximum absolute atomic E-state index is 5.57. The molecule has 0 radical (unpaired) electrons. The molecule has 1 heterocycles. The lowest BCUT2D eigenvalue weighted by Crippen LogP contribution is -2.45. The van der Waals surface area contributed by atoms with Gasteiger partial charge in [0.25, 0.3) is 0 Å². The third kappa shape index (κ3) is 9.55. The molecule has 1 fully saturated rings. The minimum atomic E-state index is 0. The SMILES string of the molecule is CCCCOCCCN=C(NCC)N1CCC(C)CC1.I. The number of rotatable bonds is 8. The number of hydrogen-bond acceptors (Lipinski definition) is 2. The normalized spacial score (nSPS) is 16.7. The molecule has 0 aromatic rings. The number of ether oxygens (including phenoxy) is 1. The van der Waals surface area contributed by atoms with Crippen LogP contribution in [0.4, 0.5) is 0 Å². The maximum atomic E-state index is 5.57. The van der Waals surface area contributed by atoms with Crippen LogP contribution in [0.2, 0.25) is 0 Å². The lowest BCUT2D eigenvalue weighted by Gasteiger charge is -2.33. The van der Waals surface area contributed by atoms with E-state index in [4.69, 9.17) is 9.73 Å². The fourth-order valence-corrected chi connectivity index (χ4v) is 2.35. The number of unbranched alkanes of at least 4 members (excludes halogenated alkanes) is 1. The van der Waals surface area contributed by atoms with Gasteiger partial charge in [0.15, 0.2) is 5.96 Å². The summed E-state index contributed by atoms with van der Waals surface area (Å²) in [4.78, 5) is 7.14. The average molecular weight is 411 g/mol. The highest BCUT2D eigenvalue weighted by Crippen LogP contribution is 2.15. The minimum absolute atomic E-state index is 0. The van der Waals surface area contributed by atoms with Crippen molar-refractivity contribution >= 4 is 29.9 Å². The standard InChI is InChI=1S/C16H33N3O.HI/c1-4-6-13-20-14-7-10-18-16(17-5-2)19-11-8-15(3)9-12-19;/h15H,4-14H2,1-3H3,(H,17,18);1H. The quantitative estimate of drug-likeness (QED) is 0.288. The monoisotopic (exact) mass is 411 g/mol. The van der Waals surface area contributed by atoms with Crippen molar-refractivity contribution in [1.82, 2.24) is 10.2 Å². The molecule has 5 heteroatoms. The summed E-state index contributed by atoms with van der Waals surface area (Å²) in [5.41, 5.74) is 0. The molecule has 0 aromatic carbocycles. The van der Waals surface area contributed by atoms with Gasteiger partial charge in [-0.25, -0.2) is 0 Å². The van der Waals surface area contributed by atoms with Crippen molar-refractivity contribution in [2.24, 2.45) is 10.9 Å². The van der Waals surface area contributed by atoms with Gasteiger partial charge in [0.05, 0.1) is 0 Å². The summed E-state index contributed by atoms with van der Waals surface area (Å²) >= 11 is 0. The Bertz CT molecular complexity index is 266. The van der Waals surface area contributed by atoms with Crippen molar-refractivity contribution in [3.63, 3.8) is 0 Å². The van der Waals surface area contributed by atoms with E-state index >= 15 is 0 Å². The van der Waals surface area contributed by atoms with Gasteiger partial charge in [-0.3, -0.25) is 4.99 Å². The van der Waals surface area contributed by atoms with Crippen molar-refractivity contribution in [2.45, 2.75) is 52.9 Å². The first-order valence-corrected chi connectivity index (χ1v) is 8.38. The summed E-state index contributed by atoms with van der Waals surface area (Å²) < 4.78 is 5.57. The molecule has 0 amide bonds. The average Bonchev–Trinajstić information content (AvgIpc) is 2.46. The summed E-state index contributed by atoms with van der Waals surface area (Å²) in [5, 5.41) is 3.41. The van der Waals surface area contributed by atoms with Crippen LogP contribution < -0.4 is 5.32 Å². The molecule has 1 saturated heterocycles. The Morgan fingerprint density at radius 2 is 1.86 bits per heavy atom. The van der Waals surface area contributed by atoms with E-state index in [0.717, 1.165) is 64.1 Å². The highest BCUT2D eigenvalue weighted by molar-refractivity contribution is 14.0. The molecule has 0 unspecified atom stereocenters. The van der Waals surface area contributed by atoms with Crippen LogP contribution in [-0.2, 0) is 4.74 Å². The van der Waals surface area contributed by atoms with Gasteiger partial charge in [-0.2, -0.15) is 0 Å². The smallest absolute Gasteiger partial charge is 0.193 e. The van der Waals surface area contributed by atoms with Crippen LogP contribution in [0.3, 0.4) is 0 Å². The highest BCUT2D eigenvalue weighted by Gasteiger charge is 2.18. The van der Waals surface area contributed by atoms with Crippen LogP contribution in [0.5, 0.6) is 0 Å². The molecule has 1 aliphatic rings.